The normalized spacial score (nSPS) is 22.8. The number of halogens is 1. The van der Waals surface area contributed by atoms with Crippen LogP contribution in [0.4, 0.5) is 0 Å². The molecule has 0 radical (unpaired) electrons. The second-order valence-electron chi connectivity index (χ2n) is 1.75. The largest absolute Gasteiger partial charge is 0.475 e. The van der Waals surface area contributed by atoms with Crippen LogP contribution in [0.1, 0.15) is 23.3 Å². The highest BCUT2D eigenvalue weighted by Gasteiger charge is 1.96. The highest BCUT2D eigenvalue weighted by molar-refractivity contribution is 9.10. The van der Waals surface area contributed by atoms with Gasteiger partial charge in [0.1, 0.15) is 0 Å². The summed E-state index contributed by atoms with van der Waals surface area (Å²) in [6.07, 6.45) is -1.74. The number of pyridine rings is 1. The maximum atomic E-state index is 7.62. The topological polar surface area (TPSA) is 22.1 Å². The molecule has 1 aromatic rings. The number of rotatable bonds is 2. The molecule has 3 heteroatoms. The van der Waals surface area contributed by atoms with Gasteiger partial charge in [0.05, 0.1) is 7.45 Å². The van der Waals surface area contributed by atoms with E-state index in [-0.39, 0.29) is 5.88 Å². The molecule has 0 saturated heterocycles. The fourth-order valence-electron chi connectivity index (χ4n) is 0.527. The Labute approximate surface area is 84.6 Å². The summed E-state index contributed by atoms with van der Waals surface area (Å²) < 4.78 is 56.0. The molecule has 0 unspecified atom stereocenters. The molecule has 11 heavy (non-hydrogen) atoms. The SMILES string of the molecule is [2H]C([2H])([2H])C([2H])(Oc1ccc(Br)cn1)C([2H])([2H])[2H]. The van der Waals surface area contributed by atoms with Gasteiger partial charge in [-0.05, 0) is 35.7 Å². The van der Waals surface area contributed by atoms with Crippen molar-refractivity contribution in [1.82, 2.24) is 4.98 Å². The van der Waals surface area contributed by atoms with E-state index in [1.54, 1.807) is 0 Å². The molecule has 1 heterocycles. The van der Waals surface area contributed by atoms with Crippen LogP contribution < -0.4 is 4.74 Å². The second-order valence-corrected chi connectivity index (χ2v) is 2.66. The molecule has 0 spiro atoms. The van der Waals surface area contributed by atoms with Crippen molar-refractivity contribution in [3.05, 3.63) is 22.8 Å². The van der Waals surface area contributed by atoms with Crippen molar-refractivity contribution in [2.24, 2.45) is 0 Å². The molecule has 0 bridgehead atoms. The zero-order valence-electron chi connectivity index (χ0n) is 12.5. The van der Waals surface area contributed by atoms with E-state index in [1.165, 1.54) is 18.3 Å². The Balaban J connectivity index is 3.12. The maximum absolute atomic E-state index is 7.62. The third-order valence-electron chi connectivity index (χ3n) is 0.907. The van der Waals surface area contributed by atoms with Gasteiger partial charge in [0.25, 0.3) is 0 Å². The summed E-state index contributed by atoms with van der Waals surface area (Å²) in [7, 11) is 0. The van der Waals surface area contributed by atoms with Gasteiger partial charge in [0.2, 0.25) is 5.88 Å². The minimum absolute atomic E-state index is 0.236. The van der Waals surface area contributed by atoms with Gasteiger partial charge in [-0.15, -0.1) is 0 Å². The Morgan fingerprint density at radius 1 is 1.73 bits per heavy atom. The molecule has 0 N–H and O–H groups in total. The van der Waals surface area contributed by atoms with Gasteiger partial charge in [-0.25, -0.2) is 4.98 Å². The number of hydrogen-bond donors (Lipinski definition) is 0. The van der Waals surface area contributed by atoms with Crippen LogP contribution in [0.25, 0.3) is 0 Å². The molecule has 0 aromatic carbocycles. The zero-order valence-corrected chi connectivity index (χ0v) is 7.05. The summed E-state index contributed by atoms with van der Waals surface area (Å²) in [5, 5.41) is 0. The van der Waals surface area contributed by atoms with E-state index < -0.39 is 19.8 Å². The first kappa shape index (κ1) is 3.05. The molecular weight excluding hydrogens is 206 g/mol. The Morgan fingerprint density at radius 3 is 3.09 bits per heavy atom. The van der Waals surface area contributed by atoms with E-state index >= 15 is 0 Å². The van der Waals surface area contributed by atoms with Gasteiger partial charge in [-0.3, -0.25) is 0 Å². The first-order chi connectivity index (χ1) is 7.97. The van der Waals surface area contributed by atoms with E-state index in [0.29, 0.717) is 4.47 Å². The molecule has 60 valence electrons. The third kappa shape index (κ3) is 2.89. The first-order valence-electron chi connectivity index (χ1n) is 6.28. The summed E-state index contributed by atoms with van der Waals surface area (Å²) in [5.41, 5.74) is 0. The van der Waals surface area contributed by atoms with E-state index in [2.05, 4.69) is 20.9 Å². The van der Waals surface area contributed by atoms with Crippen molar-refractivity contribution in [3.63, 3.8) is 0 Å². The molecule has 0 aliphatic heterocycles. The standard InChI is InChI=1S/C8H10BrNO/c1-6(2)11-8-4-3-7(9)5-10-8/h3-6H,1-2H3/i1D3,2D3,6D. The molecule has 1 aromatic heterocycles. The predicted molar refractivity (Wildman–Crippen MR) is 47.7 cm³/mol. The Bertz CT molecular complexity index is 399. The smallest absolute Gasteiger partial charge is 0.213 e. The Hall–Kier alpha value is -0.570. The van der Waals surface area contributed by atoms with Gasteiger partial charge in [0.15, 0.2) is 0 Å². The van der Waals surface area contributed by atoms with Crippen LogP contribution in [0.15, 0.2) is 22.8 Å². The van der Waals surface area contributed by atoms with E-state index in [9.17, 15) is 0 Å². The number of aromatic nitrogens is 1. The van der Waals surface area contributed by atoms with Crippen molar-refractivity contribution in [2.45, 2.75) is 19.8 Å². The van der Waals surface area contributed by atoms with Crippen molar-refractivity contribution >= 4 is 15.9 Å². The number of ether oxygens (including phenoxy) is 1. The summed E-state index contributed by atoms with van der Waals surface area (Å²) in [6, 6.07) is 2.78. The van der Waals surface area contributed by atoms with Gasteiger partial charge < -0.3 is 4.74 Å². The zero-order chi connectivity index (χ0) is 14.2. The summed E-state index contributed by atoms with van der Waals surface area (Å²) >= 11 is 3.12. The quantitative estimate of drug-likeness (QED) is 0.768. The third-order valence-corrected chi connectivity index (χ3v) is 1.38. The molecular formula is C8H10BrNO. The van der Waals surface area contributed by atoms with Crippen LogP contribution in [-0.4, -0.2) is 11.1 Å². The highest BCUT2D eigenvalue weighted by Crippen LogP contribution is 2.12. The summed E-state index contributed by atoms with van der Waals surface area (Å²) in [4.78, 5) is 3.70. The van der Waals surface area contributed by atoms with Crippen molar-refractivity contribution in [1.29, 1.82) is 0 Å². The second kappa shape index (κ2) is 3.72. The van der Waals surface area contributed by atoms with E-state index in [1.807, 2.05) is 0 Å². The molecule has 0 fully saturated rings. The van der Waals surface area contributed by atoms with Crippen molar-refractivity contribution < 1.29 is 14.3 Å². The average molecular weight is 223 g/mol. The lowest BCUT2D eigenvalue weighted by Crippen LogP contribution is -2.06. The number of hydrogen-bond acceptors (Lipinski definition) is 2. The lowest BCUT2D eigenvalue weighted by molar-refractivity contribution is 0.232. The summed E-state index contributed by atoms with van der Waals surface area (Å²) in [5.74, 6) is -0.236. The van der Waals surface area contributed by atoms with Crippen LogP contribution in [0.5, 0.6) is 5.88 Å². The van der Waals surface area contributed by atoms with E-state index in [0.717, 1.165) is 0 Å². The Morgan fingerprint density at radius 2 is 2.55 bits per heavy atom. The summed E-state index contributed by atoms with van der Waals surface area (Å²) in [6.45, 7) is -6.26. The van der Waals surface area contributed by atoms with Crippen LogP contribution in [0, 0.1) is 0 Å². The highest BCUT2D eigenvalue weighted by atomic mass is 79.9. The van der Waals surface area contributed by atoms with Gasteiger partial charge >= 0.3 is 0 Å². The fraction of sp³-hybridized carbons (Fsp3) is 0.375. The fourth-order valence-corrected chi connectivity index (χ4v) is 0.762. The van der Waals surface area contributed by atoms with Crippen LogP contribution in [-0.2, 0) is 0 Å². The molecule has 0 aliphatic carbocycles. The van der Waals surface area contributed by atoms with Gasteiger partial charge in [-0.2, -0.15) is 0 Å². The van der Waals surface area contributed by atoms with E-state index in [4.69, 9.17) is 14.3 Å². The van der Waals surface area contributed by atoms with Crippen LogP contribution in [0.2, 0.25) is 0 Å². The van der Waals surface area contributed by atoms with Gasteiger partial charge in [0, 0.05) is 25.0 Å². The maximum Gasteiger partial charge on any atom is 0.213 e. The monoisotopic (exact) mass is 222 g/mol. The molecule has 0 saturated carbocycles. The van der Waals surface area contributed by atoms with Crippen LogP contribution in [0.3, 0.4) is 0 Å². The van der Waals surface area contributed by atoms with Crippen LogP contribution >= 0.6 is 15.9 Å². The van der Waals surface area contributed by atoms with Crippen molar-refractivity contribution in [3.8, 4) is 5.88 Å². The lowest BCUT2D eigenvalue weighted by Gasteiger charge is -2.07. The first-order valence-corrected chi connectivity index (χ1v) is 3.57. The minimum atomic E-state index is -3.13. The Kier molecular flexibility index (Phi) is 1.03. The predicted octanol–water partition coefficient (Wildman–Crippen LogP) is 2.63. The average Bonchev–Trinajstić information content (AvgIpc) is 2.18. The minimum Gasteiger partial charge on any atom is -0.475 e. The lowest BCUT2D eigenvalue weighted by atomic mass is 10.4. The number of nitrogens with zero attached hydrogens (tertiary/aromatic N) is 1. The molecule has 2 nitrogen and oxygen atoms in total. The molecule has 1 rings (SSSR count). The molecule has 0 atom stereocenters. The van der Waals surface area contributed by atoms with Gasteiger partial charge in [-0.1, -0.05) is 0 Å². The molecule has 0 aliphatic rings. The molecule has 0 amide bonds. The van der Waals surface area contributed by atoms with Crippen molar-refractivity contribution in [2.75, 3.05) is 0 Å².